The lowest BCUT2D eigenvalue weighted by Gasteiger charge is -2.08. The van der Waals surface area contributed by atoms with E-state index in [2.05, 4.69) is 0 Å². The number of hydrogen-bond acceptors (Lipinski definition) is 4. The molecule has 0 fully saturated rings. The van der Waals surface area contributed by atoms with Gasteiger partial charge in [0.2, 0.25) is 0 Å². The fraction of sp³-hybridized carbons (Fsp3) is 0.0714. The molecule has 2 rings (SSSR count). The van der Waals surface area contributed by atoms with Crippen molar-refractivity contribution in [3.63, 3.8) is 0 Å². The smallest absolute Gasteiger partial charge is 0.280 e. The molecule has 0 aromatic heterocycles. The molecule has 0 spiro atoms. The summed E-state index contributed by atoms with van der Waals surface area (Å²) in [4.78, 5) is 20.9. The summed E-state index contributed by atoms with van der Waals surface area (Å²) < 4.78 is 5.48. The van der Waals surface area contributed by atoms with Gasteiger partial charge in [-0.3, -0.25) is 14.9 Å². The van der Waals surface area contributed by atoms with E-state index >= 15 is 0 Å². The van der Waals surface area contributed by atoms with Crippen LogP contribution < -0.4 is 4.74 Å². The van der Waals surface area contributed by atoms with E-state index < -0.39 is 4.92 Å². The Labute approximate surface area is 119 Å². The van der Waals surface area contributed by atoms with Gasteiger partial charge in [-0.05, 0) is 18.2 Å². The van der Waals surface area contributed by atoms with E-state index in [1.54, 1.807) is 6.07 Å². The topological polar surface area (TPSA) is 69.4 Å². The first-order valence-corrected chi connectivity index (χ1v) is 6.09. The molecule has 0 aliphatic carbocycles. The van der Waals surface area contributed by atoms with Gasteiger partial charge in [0.05, 0.1) is 10.5 Å². The maximum Gasteiger partial charge on any atom is 0.280 e. The maximum atomic E-state index is 10.8. The summed E-state index contributed by atoms with van der Waals surface area (Å²) in [6.45, 7) is 0.218. The average molecular weight is 292 g/mol. The molecule has 0 radical (unpaired) electrons. The quantitative estimate of drug-likeness (QED) is 0.479. The van der Waals surface area contributed by atoms with Crippen LogP contribution in [0.1, 0.15) is 15.9 Å². The van der Waals surface area contributed by atoms with Crippen molar-refractivity contribution in [3.8, 4) is 5.75 Å². The fourth-order valence-electron chi connectivity index (χ4n) is 1.66. The molecule has 0 N–H and O–H groups in total. The summed E-state index contributed by atoms with van der Waals surface area (Å²) in [6, 6.07) is 11.2. The van der Waals surface area contributed by atoms with Crippen LogP contribution in [0.25, 0.3) is 0 Å². The second kappa shape index (κ2) is 6.16. The van der Waals surface area contributed by atoms with Crippen molar-refractivity contribution < 1.29 is 14.5 Å². The molecule has 102 valence electrons. The summed E-state index contributed by atoms with van der Waals surface area (Å²) in [5, 5.41) is 11.3. The van der Waals surface area contributed by atoms with Crippen molar-refractivity contribution in [2.75, 3.05) is 0 Å². The SMILES string of the molecule is O=Cc1cc(OCc2ccccc2Cl)ccc1[N+](=O)[O-]. The fourth-order valence-corrected chi connectivity index (χ4v) is 1.85. The Morgan fingerprint density at radius 1 is 1.25 bits per heavy atom. The zero-order chi connectivity index (χ0) is 14.5. The Hall–Kier alpha value is -2.40. The van der Waals surface area contributed by atoms with Crippen LogP contribution >= 0.6 is 11.6 Å². The Kier molecular flexibility index (Phi) is 4.32. The third-order valence-corrected chi connectivity index (χ3v) is 3.04. The van der Waals surface area contributed by atoms with Crippen LogP contribution in [0.2, 0.25) is 5.02 Å². The van der Waals surface area contributed by atoms with Crippen LogP contribution in [-0.4, -0.2) is 11.2 Å². The number of hydrogen-bond donors (Lipinski definition) is 0. The van der Waals surface area contributed by atoms with Crippen LogP contribution in [0.5, 0.6) is 5.75 Å². The van der Waals surface area contributed by atoms with Gasteiger partial charge in [0, 0.05) is 16.7 Å². The summed E-state index contributed by atoms with van der Waals surface area (Å²) in [6.07, 6.45) is 0.431. The molecule has 0 saturated carbocycles. The number of rotatable bonds is 5. The minimum absolute atomic E-state index is 0.0216. The molecule has 0 atom stereocenters. The van der Waals surface area contributed by atoms with Gasteiger partial charge >= 0.3 is 0 Å². The highest BCUT2D eigenvalue weighted by Crippen LogP contribution is 2.24. The van der Waals surface area contributed by atoms with Crippen molar-refractivity contribution in [1.29, 1.82) is 0 Å². The van der Waals surface area contributed by atoms with Crippen LogP contribution in [-0.2, 0) is 6.61 Å². The highest BCUT2D eigenvalue weighted by molar-refractivity contribution is 6.31. The number of halogens is 1. The van der Waals surface area contributed by atoms with Gasteiger partial charge in [-0.1, -0.05) is 29.8 Å². The molecule has 0 aliphatic rings. The first kappa shape index (κ1) is 14.0. The second-order valence-electron chi connectivity index (χ2n) is 3.98. The van der Waals surface area contributed by atoms with Crippen molar-refractivity contribution in [2.24, 2.45) is 0 Å². The Morgan fingerprint density at radius 3 is 2.65 bits per heavy atom. The van der Waals surface area contributed by atoms with Crippen LogP contribution in [0.15, 0.2) is 42.5 Å². The average Bonchev–Trinajstić information content (AvgIpc) is 2.46. The van der Waals surface area contributed by atoms with Gasteiger partial charge in [-0.25, -0.2) is 0 Å². The van der Waals surface area contributed by atoms with Crippen LogP contribution in [0.3, 0.4) is 0 Å². The van der Waals surface area contributed by atoms with Gasteiger partial charge in [0.15, 0.2) is 6.29 Å². The van der Waals surface area contributed by atoms with E-state index in [0.29, 0.717) is 17.1 Å². The summed E-state index contributed by atoms with van der Waals surface area (Å²) in [5.41, 5.74) is 0.525. The molecule has 5 nitrogen and oxygen atoms in total. The Balaban J connectivity index is 2.17. The molecule has 2 aromatic carbocycles. The molecule has 0 bridgehead atoms. The molecule has 0 amide bonds. The lowest BCUT2D eigenvalue weighted by atomic mass is 10.2. The second-order valence-corrected chi connectivity index (χ2v) is 4.38. The standard InChI is InChI=1S/C14H10ClNO4/c15-13-4-2-1-3-10(13)9-20-12-5-6-14(16(18)19)11(7-12)8-17/h1-8H,9H2. The minimum Gasteiger partial charge on any atom is -0.489 e. The zero-order valence-electron chi connectivity index (χ0n) is 10.3. The Bertz CT molecular complexity index is 657. The van der Waals surface area contributed by atoms with Crippen molar-refractivity contribution in [3.05, 3.63) is 68.7 Å². The molecular formula is C14H10ClNO4. The molecule has 20 heavy (non-hydrogen) atoms. The molecule has 0 saturated heterocycles. The van der Waals surface area contributed by atoms with Crippen molar-refractivity contribution in [1.82, 2.24) is 0 Å². The van der Waals surface area contributed by atoms with Gasteiger partial charge in [-0.15, -0.1) is 0 Å². The van der Waals surface area contributed by atoms with Gasteiger partial charge in [0.25, 0.3) is 5.69 Å². The van der Waals surface area contributed by atoms with E-state index in [1.165, 1.54) is 18.2 Å². The highest BCUT2D eigenvalue weighted by atomic mass is 35.5. The van der Waals surface area contributed by atoms with Gasteiger partial charge in [0.1, 0.15) is 12.4 Å². The number of carbonyl (C=O) groups is 1. The third kappa shape index (κ3) is 3.13. The monoisotopic (exact) mass is 291 g/mol. The summed E-state index contributed by atoms with van der Waals surface area (Å²) in [7, 11) is 0. The van der Waals surface area contributed by atoms with Crippen molar-refractivity contribution >= 4 is 23.6 Å². The van der Waals surface area contributed by atoms with E-state index in [0.717, 1.165) is 5.56 Å². The highest BCUT2D eigenvalue weighted by Gasteiger charge is 2.14. The normalized spacial score (nSPS) is 10.1. The first-order chi connectivity index (χ1) is 9.61. The predicted molar refractivity (Wildman–Crippen MR) is 74.3 cm³/mol. The van der Waals surface area contributed by atoms with Crippen LogP contribution in [0, 0.1) is 10.1 Å². The van der Waals surface area contributed by atoms with E-state index in [-0.39, 0.29) is 17.9 Å². The van der Waals surface area contributed by atoms with E-state index in [4.69, 9.17) is 16.3 Å². The molecule has 0 heterocycles. The maximum absolute atomic E-state index is 10.8. The van der Waals surface area contributed by atoms with Crippen LogP contribution in [0.4, 0.5) is 5.69 Å². The number of ether oxygens (including phenoxy) is 1. The molecule has 0 unspecified atom stereocenters. The summed E-state index contributed by atoms with van der Waals surface area (Å²) in [5.74, 6) is 0.373. The van der Waals surface area contributed by atoms with Gasteiger partial charge < -0.3 is 4.74 Å². The van der Waals surface area contributed by atoms with E-state index in [1.807, 2.05) is 18.2 Å². The molecule has 2 aromatic rings. The summed E-state index contributed by atoms with van der Waals surface area (Å²) >= 11 is 5.99. The number of nitro groups is 1. The Morgan fingerprint density at radius 2 is 2.00 bits per heavy atom. The first-order valence-electron chi connectivity index (χ1n) is 5.71. The molecule has 0 aliphatic heterocycles. The van der Waals surface area contributed by atoms with Gasteiger partial charge in [-0.2, -0.15) is 0 Å². The molecular weight excluding hydrogens is 282 g/mol. The number of benzene rings is 2. The number of nitrogens with zero attached hydrogens (tertiary/aromatic N) is 1. The third-order valence-electron chi connectivity index (χ3n) is 2.67. The largest absolute Gasteiger partial charge is 0.489 e. The molecule has 6 heteroatoms. The predicted octanol–water partition coefficient (Wildman–Crippen LogP) is 3.64. The number of nitro benzene ring substituents is 1. The lowest BCUT2D eigenvalue weighted by molar-refractivity contribution is -0.385. The van der Waals surface area contributed by atoms with Crippen molar-refractivity contribution in [2.45, 2.75) is 6.61 Å². The number of carbonyl (C=O) groups excluding carboxylic acids is 1. The minimum atomic E-state index is -0.610. The lowest BCUT2D eigenvalue weighted by Crippen LogP contribution is -1.99. The zero-order valence-corrected chi connectivity index (χ0v) is 11.0. The number of aldehydes is 1. The van der Waals surface area contributed by atoms with E-state index in [9.17, 15) is 14.9 Å².